The lowest BCUT2D eigenvalue weighted by Crippen LogP contribution is -1.98. The van der Waals surface area contributed by atoms with Crippen LogP contribution in [-0.4, -0.2) is 15.1 Å². The molecule has 0 fully saturated rings. The Labute approximate surface area is 143 Å². The number of hydrogen-bond donors (Lipinski definition) is 1. The molecule has 1 N–H and O–H groups in total. The Bertz CT molecular complexity index is 1060. The number of nitrogens with zero attached hydrogens (tertiary/aromatic N) is 3. The van der Waals surface area contributed by atoms with Gasteiger partial charge >= 0.3 is 0 Å². The van der Waals surface area contributed by atoms with Crippen molar-refractivity contribution in [2.24, 2.45) is 0 Å². The van der Waals surface area contributed by atoms with Crippen molar-refractivity contribution in [3.05, 3.63) is 65.7 Å². The summed E-state index contributed by atoms with van der Waals surface area (Å²) in [6.07, 6.45) is 1.43. The van der Waals surface area contributed by atoms with Gasteiger partial charge in [0.1, 0.15) is 29.0 Å². The quantitative estimate of drug-likeness (QED) is 0.584. The first-order valence-corrected chi connectivity index (χ1v) is 7.82. The average Bonchev–Trinajstić information content (AvgIpc) is 3.04. The van der Waals surface area contributed by atoms with Crippen molar-refractivity contribution in [1.29, 1.82) is 0 Å². The fourth-order valence-corrected chi connectivity index (χ4v) is 2.68. The molecule has 0 bridgehead atoms. The van der Waals surface area contributed by atoms with Crippen LogP contribution in [-0.2, 0) is 0 Å². The van der Waals surface area contributed by atoms with Crippen molar-refractivity contribution in [1.82, 2.24) is 15.1 Å². The highest BCUT2D eigenvalue weighted by atomic mass is 19.1. The Kier molecular flexibility index (Phi) is 3.65. The van der Waals surface area contributed by atoms with Crippen molar-refractivity contribution in [3.8, 4) is 11.3 Å². The van der Waals surface area contributed by atoms with E-state index in [-0.39, 0.29) is 5.82 Å². The van der Waals surface area contributed by atoms with Crippen LogP contribution >= 0.6 is 0 Å². The SMILES string of the molecule is Cc1ccc(C)c(Nc2ncnc3onc(-c4ccc(F)cc4)c23)c1. The van der Waals surface area contributed by atoms with E-state index in [2.05, 4.69) is 26.5 Å². The van der Waals surface area contributed by atoms with E-state index in [4.69, 9.17) is 4.52 Å². The number of fused-ring (bicyclic) bond motifs is 1. The molecular formula is C19H15FN4O. The number of benzene rings is 2. The normalized spacial score (nSPS) is 11.0. The van der Waals surface area contributed by atoms with Crippen LogP contribution < -0.4 is 5.32 Å². The first-order chi connectivity index (χ1) is 12.1. The largest absolute Gasteiger partial charge is 0.339 e. The molecule has 0 spiro atoms. The zero-order valence-corrected chi connectivity index (χ0v) is 13.7. The monoisotopic (exact) mass is 334 g/mol. The number of nitrogens with one attached hydrogen (secondary N) is 1. The van der Waals surface area contributed by atoms with Gasteiger partial charge in [0.15, 0.2) is 0 Å². The van der Waals surface area contributed by atoms with Gasteiger partial charge in [0, 0.05) is 11.3 Å². The predicted octanol–water partition coefficient (Wildman–Crippen LogP) is 4.78. The Morgan fingerprint density at radius 2 is 1.80 bits per heavy atom. The molecule has 0 aliphatic carbocycles. The molecule has 25 heavy (non-hydrogen) atoms. The summed E-state index contributed by atoms with van der Waals surface area (Å²) in [4.78, 5) is 8.49. The highest BCUT2D eigenvalue weighted by molar-refractivity contribution is 5.98. The molecule has 0 atom stereocenters. The molecule has 2 aromatic heterocycles. The summed E-state index contributed by atoms with van der Waals surface area (Å²) in [7, 11) is 0. The molecule has 0 aliphatic heterocycles. The Hall–Kier alpha value is -3.28. The van der Waals surface area contributed by atoms with Crippen molar-refractivity contribution in [2.75, 3.05) is 5.32 Å². The Morgan fingerprint density at radius 3 is 2.60 bits per heavy atom. The predicted molar refractivity (Wildman–Crippen MR) is 94.2 cm³/mol. The fourth-order valence-electron chi connectivity index (χ4n) is 2.68. The Balaban J connectivity index is 1.85. The highest BCUT2D eigenvalue weighted by Crippen LogP contribution is 2.33. The number of aryl methyl sites for hydroxylation is 2. The molecule has 0 saturated carbocycles. The summed E-state index contributed by atoms with van der Waals surface area (Å²) in [5.74, 6) is 0.292. The minimum Gasteiger partial charge on any atom is -0.339 e. The van der Waals surface area contributed by atoms with E-state index in [1.165, 1.54) is 18.5 Å². The van der Waals surface area contributed by atoms with Crippen LogP contribution in [0.2, 0.25) is 0 Å². The zero-order chi connectivity index (χ0) is 17.4. The molecule has 4 rings (SSSR count). The average molecular weight is 334 g/mol. The molecule has 0 saturated heterocycles. The highest BCUT2D eigenvalue weighted by Gasteiger charge is 2.17. The smallest absolute Gasteiger partial charge is 0.263 e. The summed E-state index contributed by atoms with van der Waals surface area (Å²) in [6.45, 7) is 4.05. The fraction of sp³-hybridized carbons (Fsp3) is 0.105. The lowest BCUT2D eigenvalue weighted by Gasteiger charge is -2.10. The van der Waals surface area contributed by atoms with Gasteiger partial charge in [0.05, 0.1) is 0 Å². The second kappa shape index (κ2) is 5.98. The van der Waals surface area contributed by atoms with Crippen LogP contribution in [0.25, 0.3) is 22.4 Å². The minimum absolute atomic E-state index is 0.304. The number of anilines is 2. The number of halogens is 1. The standard InChI is InChI=1S/C19H15FN4O/c1-11-3-4-12(2)15(9-11)23-18-16-17(13-5-7-14(20)8-6-13)24-25-19(16)22-10-21-18/h3-10H,1-2H3,(H,21,22,23). The molecule has 2 aromatic carbocycles. The van der Waals surface area contributed by atoms with Gasteiger partial charge in [-0.2, -0.15) is 4.98 Å². The van der Waals surface area contributed by atoms with Crippen LogP contribution in [0.5, 0.6) is 0 Å². The van der Waals surface area contributed by atoms with Gasteiger partial charge in [-0.3, -0.25) is 0 Å². The molecule has 0 amide bonds. The molecule has 0 unspecified atom stereocenters. The first kappa shape index (κ1) is 15.3. The van der Waals surface area contributed by atoms with E-state index >= 15 is 0 Å². The lowest BCUT2D eigenvalue weighted by atomic mass is 10.1. The summed E-state index contributed by atoms with van der Waals surface area (Å²) in [5, 5.41) is 8.10. The van der Waals surface area contributed by atoms with E-state index in [0.29, 0.717) is 22.6 Å². The molecule has 6 heteroatoms. The molecule has 124 valence electrons. The maximum absolute atomic E-state index is 13.2. The summed E-state index contributed by atoms with van der Waals surface area (Å²) >= 11 is 0. The van der Waals surface area contributed by atoms with Crippen molar-refractivity contribution in [2.45, 2.75) is 13.8 Å². The van der Waals surface area contributed by atoms with Crippen molar-refractivity contribution >= 4 is 22.6 Å². The molecule has 0 radical (unpaired) electrons. The van der Waals surface area contributed by atoms with E-state index < -0.39 is 0 Å². The summed E-state index contributed by atoms with van der Waals surface area (Å²) < 4.78 is 18.5. The topological polar surface area (TPSA) is 63.8 Å². The second-order valence-corrected chi connectivity index (χ2v) is 5.88. The zero-order valence-electron chi connectivity index (χ0n) is 13.7. The Morgan fingerprint density at radius 1 is 1.00 bits per heavy atom. The van der Waals surface area contributed by atoms with Gasteiger partial charge in [-0.1, -0.05) is 17.3 Å². The van der Waals surface area contributed by atoms with Gasteiger partial charge in [-0.05, 0) is 55.3 Å². The molecular weight excluding hydrogens is 319 g/mol. The third kappa shape index (κ3) is 2.82. The number of rotatable bonds is 3. The molecule has 5 nitrogen and oxygen atoms in total. The lowest BCUT2D eigenvalue weighted by molar-refractivity contribution is 0.451. The summed E-state index contributed by atoms with van der Waals surface area (Å²) in [6, 6.07) is 12.2. The van der Waals surface area contributed by atoms with Crippen LogP contribution in [0.1, 0.15) is 11.1 Å². The third-order valence-corrected chi connectivity index (χ3v) is 4.04. The minimum atomic E-state index is -0.304. The van der Waals surface area contributed by atoms with Crippen molar-refractivity contribution < 1.29 is 8.91 Å². The maximum atomic E-state index is 13.2. The molecule has 0 aliphatic rings. The maximum Gasteiger partial charge on any atom is 0.263 e. The van der Waals surface area contributed by atoms with Crippen molar-refractivity contribution in [3.63, 3.8) is 0 Å². The van der Waals surface area contributed by atoms with Crippen LogP contribution in [0.15, 0.2) is 53.3 Å². The first-order valence-electron chi connectivity index (χ1n) is 7.82. The van der Waals surface area contributed by atoms with E-state index in [0.717, 1.165) is 22.4 Å². The molecule has 2 heterocycles. The van der Waals surface area contributed by atoms with E-state index in [1.54, 1.807) is 12.1 Å². The van der Waals surface area contributed by atoms with Gasteiger partial charge in [-0.15, -0.1) is 0 Å². The van der Waals surface area contributed by atoms with E-state index in [9.17, 15) is 4.39 Å². The number of hydrogen-bond acceptors (Lipinski definition) is 5. The second-order valence-electron chi connectivity index (χ2n) is 5.88. The molecule has 4 aromatic rings. The van der Waals surface area contributed by atoms with Crippen LogP contribution in [0, 0.1) is 19.7 Å². The van der Waals surface area contributed by atoms with Gasteiger partial charge in [-0.25, -0.2) is 9.37 Å². The van der Waals surface area contributed by atoms with Gasteiger partial charge < -0.3 is 9.84 Å². The van der Waals surface area contributed by atoms with Gasteiger partial charge in [0.2, 0.25) is 0 Å². The van der Waals surface area contributed by atoms with E-state index in [1.807, 2.05) is 26.0 Å². The third-order valence-electron chi connectivity index (χ3n) is 4.04. The van der Waals surface area contributed by atoms with Crippen LogP contribution in [0.4, 0.5) is 15.9 Å². The van der Waals surface area contributed by atoms with Crippen LogP contribution in [0.3, 0.4) is 0 Å². The number of aromatic nitrogens is 3. The van der Waals surface area contributed by atoms with Gasteiger partial charge in [0.25, 0.3) is 5.71 Å². The summed E-state index contributed by atoms with van der Waals surface area (Å²) in [5.41, 5.74) is 4.87.